The van der Waals surface area contributed by atoms with Crippen LogP contribution in [0.15, 0.2) is 4.79 Å². The van der Waals surface area contributed by atoms with Gasteiger partial charge in [-0.25, -0.2) is 4.79 Å². The standard InChI is InChI=1S/C12H22N4O/c1-2-3-4-5-6-7-8-9-10(13)15-12(17)16-11(9)14/h2-8H2,1H3,(H5,13,14,15,16,17). The smallest absolute Gasteiger partial charge is 0.348 e. The summed E-state index contributed by atoms with van der Waals surface area (Å²) in [6.07, 6.45) is 8.06. The van der Waals surface area contributed by atoms with Crippen LogP contribution in [0.4, 0.5) is 11.6 Å². The van der Waals surface area contributed by atoms with Crippen LogP contribution in [0, 0.1) is 0 Å². The SMILES string of the molecule is CCCCCCCCc1c(N)nc(=O)[nH]c1N. The van der Waals surface area contributed by atoms with E-state index in [1.165, 1.54) is 25.7 Å². The highest BCUT2D eigenvalue weighted by Crippen LogP contribution is 2.16. The van der Waals surface area contributed by atoms with E-state index < -0.39 is 5.69 Å². The van der Waals surface area contributed by atoms with E-state index in [1.807, 2.05) is 0 Å². The second-order valence-electron chi connectivity index (χ2n) is 4.34. The molecule has 1 aromatic rings. The average Bonchev–Trinajstić information content (AvgIpc) is 2.26. The predicted octanol–water partition coefficient (Wildman–Crippen LogP) is 1.84. The topological polar surface area (TPSA) is 97.8 Å². The fourth-order valence-corrected chi connectivity index (χ4v) is 1.88. The largest absolute Gasteiger partial charge is 0.385 e. The summed E-state index contributed by atoms with van der Waals surface area (Å²) in [4.78, 5) is 17.1. The molecule has 0 atom stereocenters. The van der Waals surface area contributed by atoms with Crippen molar-refractivity contribution in [3.63, 3.8) is 0 Å². The predicted molar refractivity (Wildman–Crippen MR) is 70.8 cm³/mol. The molecule has 5 nitrogen and oxygen atoms in total. The Kier molecular flexibility index (Phi) is 5.52. The number of aromatic nitrogens is 2. The normalized spacial score (nSPS) is 10.6. The lowest BCUT2D eigenvalue weighted by molar-refractivity contribution is 0.607. The zero-order chi connectivity index (χ0) is 12.7. The molecule has 0 aliphatic rings. The molecule has 1 aromatic heterocycles. The zero-order valence-electron chi connectivity index (χ0n) is 10.5. The molecule has 0 aromatic carbocycles. The van der Waals surface area contributed by atoms with E-state index in [2.05, 4.69) is 16.9 Å². The number of aromatic amines is 1. The van der Waals surface area contributed by atoms with Crippen molar-refractivity contribution in [3.8, 4) is 0 Å². The van der Waals surface area contributed by atoms with Crippen LogP contribution in [0.25, 0.3) is 0 Å². The molecule has 0 unspecified atom stereocenters. The number of nitrogens with two attached hydrogens (primary N) is 2. The third-order valence-electron chi connectivity index (χ3n) is 2.88. The molecule has 5 heteroatoms. The summed E-state index contributed by atoms with van der Waals surface area (Å²) < 4.78 is 0. The van der Waals surface area contributed by atoms with E-state index in [4.69, 9.17) is 11.5 Å². The molecular formula is C12H22N4O. The fourth-order valence-electron chi connectivity index (χ4n) is 1.88. The summed E-state index contributed by atoms with van der Waals surface area (Å²) >= 11 is 0. The van der Waals surface area contributed by atoms with Crippen molar-refractivity contribution in [3.05, 3.63) is 16.0 Å². The monoisotopic (exact) mass is 238 g/mol. The molecule has 0 bridgehead atoms. The Labute approximate surface area is 102 Å². The van der Waals surface area contributed by atoms with Gasteiger partial charge in [0.1, 0.15) is 11.6 Å². The Balaban J connectivity index is 2.39. The highest BCUT2D eigenvalue weighted by molar-refractivity contribution is 5.51. The summed E-state index contributed by atoms with van der Waals surface area (Å²) in [7, 11) is 0. The Morgan fingerprint density at radius 3 is 2.41 bits per heavy atom. The van der Waals surface area contributed by atoms with Crippen LogP contribution in [0.5, 0.6) is 0 Å². The number of nitrogens with zero attached hydrogens (tertiary/aromatic N) is 1. The maximum absolute atomic E-state index is 11.0. The van der Waals surface area contributed by atoms with Gasteiger partial charge in [0.05, 0.1) is 0 Å². The van der Waals surface area contributed by atoms with E-state index in [1.54, 1.807) is 0 Å². The van der Waals surface area contributed by atoms with Crippen LogP contribution in [-0.2, 0) is 6.42 Å². The Hall–Kier alpha value is -1.52. The lowest BCUT2D eigenvalue weighted by Gasteiger charge is -2.07. The number of nitrogen functional groups attached to an aromatic ring is 2. The Bertz CT molecular complexity index is 374. The number of hydrogen-bond acceptors (Lipinski definition) is 4. The minimum absolute atomic E-state index is 0.264. The highest BCUT2D eigenvalue weighted by Gasteiger charge is 2.06. The quantitative estimate of drug-likeness (QED) is 0.631. The number of anilines is 2. The first kappa shape index (κ1) is 13.5. The summed E-state index contributed by atoms with van der Waals surface area (Å²) in [5.41, 5.74) is 11.7. The molecule has 0 fully saturated rings. The lowest BCUT2D eigenvalue weighted by Crippen LogP contribution is -2.17. The van der Waals surface area contributed by atoms with Crippen molar-refractivity contribution in [1.82, 2.24) is 9.97 Å². The van der Waals surface area contributed by atoms with Gasteiger partial charge in [0, 0.05) is 5.56 Å². The van der Waals surface area contributed by atoms with E-state index >= 15 is 0 Å². The molecule has 1 heterocycles. The molecular weight excluding hydrogens is 216 g/mol. The van der Waals surface area contributed by atoms with Crippen molar-refractivity contribution in [2.45, 2.75) is 51.9 Å². The number of H-pyrrole nitrogens is 1. The maximum Gasteiger partial charge on any atom is 0.348 e. The van der Waals surface area contributed by atoms with Crippen LogP contribution < -0.4 is 17.2 Å². The van der Waals surface area contributed by atoms with Gasteiger partial charge in [0.15, 0.2) is 0 Å². The van der Waals surface area contributed by atoms with Crippen molar-refractivity contribution in [2.24, 2.45) is 0 Å². The second kappa shape index (κ2) is 6.93. The molecule has 5 N–H and O–H groups in total. The van der Waals surface area contributed by atoms with E-state index in [0.29, 0.717) is 5.82 Å². The van der Waals surface area contributed by atoms with Crippen LogP contribution >= 0.6 is 0 Å². The van der Waals surface area contributed by atoms with Gasteiger partial charge in [-0.15, -0.1) is 0 Å². The second-order valence-corrected chi connectivity index (χ2v) is 4.34. The molecule has 0 aliphatic carbocycles. The van der Waals surface area contributed by atoms with Gasteiger partial charge in [0.25, 0.3) is 0 Å². The fraction of sp³-hybridized carbons (Fsp3) is 0.667. The molecule has 0 radical (unpaired) electrons. The molecule has 0 amide bonds. The first-order chi connectivity index (χ1) is 8.15. The molecule has 0 saturated carbocycles. The van der Waals surface area contributed by atoms with Gasteiger partial charge in [0.2, 0.25) is 0 Å². The van der Waals surface area contributed by atoms with Gasteiger partial charge in [-0.3, -0.25) is 4.98 Å². The van der Waals surface area contributed by atoms with Gasteiger partial charge >= 0.3 is 5.69 Å². The van der Waals surface area contributed by atoms with Gasteiger partial charge in [-0.05, 0) is 12.8 Å². The summed E-state index contributed by atoms with van der Waals surface area (Å²) in [5, 5.41) is 0. The number of nitrogens with one attached hydrogen (secondary N) is 1. The number of hydrogen-bond donors (Lipinski definition) is 3. The molecule has 0 spiro atoms. The van der Waals surface area contributed by atoms with Crippen molar-refractivity contribution >= 4 is 11.6 Å². The highest BCUT2D eigenvalue weighted by atomic mass is 16.1. The van der Waals surface area contributed by atoms with Gasteiger partial charge < -0.3 is 11.5 Å². The maximum atomic E-state index is 11.0. The first-order valence-electron chi connectivity index (χ1n) is 6.29. The molecule has 96 valence electrons. The van der Waals surface area contributed by atoms with Crippen molar-refractivity contribution in [1.29, 1.82) is 0 Å². The lowest BCUT2D eigenvalue weighted by atomic mass is 10.1. The summed E-state index contributed by atoms with van der Waals surface area (Å²) in [6, 6.07) is 0. The van der Waals surface area contributed by atoms with Crippen LogP contribution in [0.2, 0.25) is 0 Å². The summed E-state index contributed by atoms with van der Waals surface area (Å²) in [5.74, 6) is 0.621. The van der Waals surface area contributed by atoms with E-state index in [-0.39, 0.29) is 5.82 Å². The van der Waals surface area contributed by atoms with Crippen molar-refractivity contribution in [2.75, 3.05) is 11.5 Å². The van der Waals surface area contributed by atoms with Crippen LogP contribution in [0.3, 0.4) is 0 Å². The molecule has 0 aliphatic heterocycles. The van der Waals surface area contributed by atoms with Crippen molar-refractivity contribution < 1.29 is 0 Å². The van der Waals surface area contributed by atoms with Gasteiger partial charge in [-0.1, -0.05) is 39.0 Å². The number of rotatable bonds is 7. The minimum Gasteiger partial charge on any atom is -0.385 e. The van der Waals surface area contributed by atoms with Gasteiger partial charge in [-0.2, -0.15) is 4.98 Å². The third-order valence-corrected chi connectivity index (χ3v) is 2.88. The number of unbranched alkanes of at least 4 members (excludes halogenated alkanes) is 5. The van der Waals surface area contributed by atoms with Crippen LogP contribution in [0.1, 0.15) is 51.0 Å². The molecule has 17 heavy (non-hydrogen) atoms. The average molecular weight is 238 g/mol. The third kappa shape index (κ3) is 4.46. The Morgan fingerprint density at radius 1 is 1.12 bits per heavy atom. The van der Waals surface area contributed by atoms with E-state index in [9.17, 15) is 4.79 Å². The van der Waals surface area contributed by atoms with Crippen LogP contribution in [-0.4, -0.2) is 9.97 Å². The summed E-state index contributed by atoms with van der Waals surface area (Å²) in [6.45, 7) is 2.20. The first-order valence-corrected chi connectivity index (χ1v) is 6.29. The molecule has 0 saturated heterocycles. The minimum atomic E-state index is -0.480. The van der Waals surface area contributed by atoms with E-state index in [0.717, 1.165) is 24.8 Å². The zero-order valence-corrected chi connectivity index (χ0v) is 10.5. The Morgan fingerprint density at radius 2 is 1.76 bits per heavy atom. The molecule has 1 rings (SSSR count).